The quantitative estimate of drug-likeness (QED) is 0.491. The number of rotatable bonds is 4. The Labute approximate surface area is 116 Å². The number of nitrogens with two attached hydrogens (primary N) is 1. The van der Waals surface area contributed by atoms with E-state index in [0.717, 1.165) is 12.8 Å². The Balaban J connectivity index is 2.01. The van der Waals surface area contributed by atoms with Crippen LogP contribution >= 0.6 is 0 Å². The van der Waals surface area contributed by atoms with Crippen molar-refractivity contribution in [2.45, 2.75) is 12.8 Å². The molecule has 1 saturated heterocycles. The summed E-state index contributed by atoms with van der Waals surface area (Å²) in [5, 5.41) is 13.6. The molecule has 1 aliphatic rings. The summed E-state index contributed by atoms with van der Waals surface area (Å²) in [6.45, 7) is 1.95. The summed E-state index contributed by atoms with van der Waals surface area (Å²) >= 11 is 0. The van der Waals surface area contributed by atoms with Gasteiger partial charge in [0, 0.05) is 25.8 Å². The number of nitrogens with one attached hydrogen (secondary N) is 1. The van der Waals surface area contributed by atoms with Crippen LogP contribution in [0.4, 0.5) is 11.4 Å². The lowest BCUT2D eigenvalue weighted by atomic mass is 10.0. The van der Waals surface area contributed by atoms with Gasteiger partial charge < -0.3 is 15.8 Å². The van der Waals surface area contributed by atoms with Crippen molar-refractivity contribution < 1.29 is 14.5 Å². The number of hydrogen-bond acceptors (Lipinski definition) is 5. The number of hydrogen-bond donors (Lipinski definition) is 2. The van der Waals surface area contributed by atoms with Crippen molar-refractivity contribution >= 4 is 17.3 Å². The number of ether oxygens (including phenoxy) is 1. The summed E-state index contributed by atoms with van der Waals surface area (Å²) < 4.78 is 5.24. The monoisotopic (exact) mass is 279 g/mol. The molecule has 1 fully saturated rings. The molecule has 1 aromatic carbocycles. The van der Waals surface area contributed by atoms with Gasteiger partial charge in [0.15, 0.2) is 0 Å². The lowest BCUT2D eigenvalue weighted by Gasteiger charge is -2.22. The number of nitro groups is 1. The highest BCUT2D eigenvalue weighted by molar-refractivity contribution is 6.00. The molecular formula is C13H17N3O4. The Morgan fingerprint density at radius 3 is 2.80 bits per heavy atom. The first-order valence-corrected chi connectivity index (χ1v) is 6.48. The molecule has 1 amide bonds. The van der Waals surface area contributed by atoms with Gasteiger partial charge in [0.05, 0.1) is 10.5 Å². The Morgan fingerprint density at radius 1 is 1.45 bits per heavy atom. The van der Waals surface area contributed by atoms with Crippen LogP contribution < -0.4 is 11.1 Å². The fourth-order valence-corrected chi connectivity index (χ4v) is 2.19. The largest absolute Gasteiger partial charge is 0.393 e. The topological polar surface area (TPSA) is 107 Å². The molecule has 7 heteroatoms. The Kier molecular flexibility index (Phi) is 4.52. The van der Waals surface area contributed by atoms with E-state index in [1.165, 1.54) is 18.2 Å². The molecule has 0 atom stereocenters. The van der Waals surface area contributed by atoms with Crippen molar-refractivity contribution in [3.05, 3.63) is 33.9 Å². The molecule has 0 unspecified atom stereocenters. The van der Waals surface area contributed by atoms with Crippen molar-refractivity contribution in [1.82, 2.24) is 5.32 Å². The van der Waals surface area contributed by atoms with Crippen molar-refractivity contribution in [1.29, 1.82) is 0 Å². The zero-order valence-electron chi connectivity index (χ0n) is 11.0. The van der Waals surface area contributed by atoms with E-state index in [2.05, 4.69) is 5.32 Å². The number of nitrogen functional groups attached to an aromatic ring is 1. The molecule has 0 spiro atoms. The number of nitro benzene ring substituents is 1. The van der Waals surface area contributed by atoms with Crippen LogP contribution in [0.5, 0.6) is 0 Å². The molecule has 0 aromatic heterocycles. The van der Waals surface area contributed by atoms with Crippen LogP contribution in [0.25, 0.3) is 0 Å². The molecule has 0 radical (unpaired) electrons. The normalized spacial score (nSPS) is 15.8. The Bertz CT molecular complexity index is 512. The molecular weight excluding hydrogens is 262 g/mol. The zero-order valence-corrected chi connectivity index (χ0v) is 11.0. The van der Waals surface area contributed by atoms with Crippen molar-refractivity contribution in [2.75, 3.05) is 25.5 Å². The molecule has 20 heavy (non-hydrogen) atoms. The van der Waals surface area contributed by atoms with Crippen LogP contribution in [-0.2, 0) is 4.74 Å². The van der Waals surface area contributed by atoms with Gasteiger partial charge >= 0.3 is 0 Å². The van der Waals surface area contributed by atoms with E-state index >= 15 is 0 Å². The first kappa shape index (κ1) is 14.3. The van der Waals surface area contributed by atoms with Gasteiger partial charge in [-0.2, -0.15) is 0 Å². The summed E-state index contributed by atoms with van der Waals surface area (Å²) in [4.78, 5) is 22.2. The van der Waals surface area contributed by atoms with Crippen LogP contribution in [0.3, 0.4) is 0 Å². The molecule has 108 valence electrons. The smallest absolute Gasteiger partial charge is 0.292 e. The Morgan fingerprint density at radius 2 is 2.15 bits per heavy atom. The molecule has 0 aliphatic carbocycles. The van der Waals surface area contributed by atoms with Gasteiger partial charge in [-0.05, 0) is 24.8 Å². The summed E-state index contributed by atoms with van der Waals surface area (Å²) in [5.41, 5.74) is 5.47. The third kappa shape index (κ3) is 3.24. The maximum absolute atomic E-state index is 12.0. The number of amides is 1. The van der Waals surface area contributed by atoms with Crippen molar-refractivity contribution in [3.8, 4) is 0 Å². The minimum atomic E-state index is -0.593. The minimum absolute atomic E-state index is 0.0954. The predicted octanol–water partition coefficient (Wildman–Crippen LogP) is 1.33. The molecule has 1 aliphatic heterocycles. The van der Waals surface area contributed by atoms with Crippen LogP contribution in [0, 0.1) is 16.0 Å². The zero-order chi connectivity index (χ0) is 14.5. The van der Waals surface area contributed by atoms with Gasteiger partial charge in [0.25, 0.3) is 11.6 Å². The minimum Gasteiger partial charge on any atom is -0.393 e. The molecule has 0 saturated carbocycles. The summed E-state index contributed by atoms with van der Waals surface area (Å²) in [6, 6.07) is 4.23. The molecule has 7 nitrogen and oxygen atoms in total. The van der Waals surface area contributed by atoms with E-state index in [0.29, 0.717) is 25.7 Å². The standard InChI is InChI=1S/C13H17N3O4/c14-12-10(2-1-3-11(12)16(18)19)13(17)15-8-9-4-6-20-7-5-9/h1-3,9H,4-8,14H2,(H,15,17). The van der Waals surface area contributed by atoms with Gasteiger partial charge in [-0.25, -0.2) is 0 Å². The number of nitrogens with zero attached hydrogens (tertiary/aromatic N) is 1. The summed E-state index contributed by atoms with van der Waals surface area (Å²) in [5.74, 6) is 0.00492. The lowest BCUT2D eigenvalue weighted by molar-refractivity contribution is -0.383. The fraction of sp³-hybridized carbons (Fsp3) is 0.462. The maximum Gasteiger partial charge on any atom is 0.292 e. The second-order valence-electron chi connectivity index (χ2n) is 4.76. The highest BCUT2D eigenvalue weighted by atomic mass is 16.6. The van der Waals surface area contributed by atoms with Gasteiger partial charge in [0.1, 0.15) is 5.69 Å². The Hall–Kier alpha value is -2.15. The van der Waals surface area contributed by atoms with E-state index < -0.39 is 4.92 Å². The second kappa shape index (κ2) is 6.33. The van der Waals surface area contributed by atoms with E-state index in [4.69, 9.17) is 10.5 Å². The molecule has 1 aromatic rings. The summed E-state index contributed by atoms with van der Waals surface area (Å²) in [7, 11) is 0. The number of para-hydroxylation sites is 1. The second-order valence-corrected chi connectivity index (χ2v) is 4.76. The van der Waals surface area contributed by atoms with Crippen LogP contribution in [0.15, 0.2) is 18.2 Å². The highest BCUT2D eigenvalue weighted by Crippen LogP contribution is 2.24. The third-order valence-electron chi connectivity index (χ3n) is 3.42. The van der Waals surface area contributed by atoms with Crippen LogP contribution in [0.2, 0.25) is 0 Å². The number of benzene rings is 1. The first-order valence-electron chi connectivity index (χ1n) is 6.48. The molecule has 1 heterocycles. The lowest BCUT2D eigenvalue weighted by Crippen LogP contribution is -2.32. The molecule has 3 N–H and O–H groups in total. The van der Waals surface area contributed by atoms with E-state index in [-0.39, 0.29) is 22.8 Å². The predicted molar refractivity (Wildman–Crippen MR) is 73.4 cm³/mol. The number of carbonyl (C=O) groups is 1. The van der Waals surface area contributed by atoms with E-state index in [1.807, 2.05) is 0 Å². The average Bonchev–Trinajstić information content (AvgIpc) is 2.46. The van der Waals surface area contributed by atoms with E-state index in [1.54, 1.807) is 0 Å². The van der Waals surface area contributed by atoms with Gasteiger partial charge in [-0.3, -0.25) is 14.9 Å². The maximum atomic E-state index is 12.0. The van der Waals surface area contributed by atoms with Crippen LogP contribution in [-0.4, -0.2) is 30.6 Å². The third-order valence-corrected chi connectivity index (χ3v) is 3.42. The van der Waals surface area contributed by atoms with Gasteiger partial charge in [0.2, 0.25) is 0 Å². The van der Waals surface area contributed by atoms with Crippen LogP contribution in [0.1, 0.15) is 23.2 Å². The number of carbonyl (C=O) groups excluding carboxylic acids is 1. The van der Waals surface area contributed by atoms with Gasteiger partial charge in [-0.1, -0.05) is 6.07 Å². The van der Waals surface area contributed by atoms with Gasteiger partial charge in [-0.15, -0.1) is 0 Å². The SMILES string of the molecule is Nc1c(C(=O)NCC2CCOCC2)cccc1[N+](=O)[O-]. The highest BCUT2D eigenvalue weighted by Gasteiger charge is 2.20. The summed E-state index contributed by atoms with van der Waals surface area (Å²) in [6.07, 6.45) is 1.81. The first-order chi connectivity index (χ1) is 9.59. The number of anilines is 1. The van der Waals surface area contributed by atoms with E-state index in [9.17, 15) is 14.9 Å². The van der Waals surface area contributed by atoms with Crippen molar-refractivity contribution in [2.24, 2.45) is 5.92 Å². The molecule has 0 bridgehead atoms. The fourth-order valence-electron chi connectivity index (χ4n) is 2.19. The van der Waals surface area contributed by atoms with Crippen molar-refractivity contribution in [3.63, 3.8) is 0 Å². The molecule has 2 rings (SSSR count). The average molecular weight is 279 g/mol.